The molecular weight excluding hydrogens is 281 g/mol. The normalized spacial score (nSPS) is 12.5. The van der Waals surface area contributed by atoms with Crippen LogP contribution in [0.1, 0.15) is 13.3 Å². The molecule has 0 radical (unpaired) electrons. The molecule has 5 heteroatoms. The molecule has 1 unspecified atom stereocenters. The van der Waals surface area contributed by atoms with E-state index in [4.69, 9.17) is 5.11 Å². The Bertz CT molecular complexity index is 252. The summed E-state index contributed by atoms with van der Waals surface area (Å²) < 4.78 is 1.01. The highest BCUT2D eigenvalue weighted by Gasteiger charge is 2.02. The van der Waals surface area contributed by atoms with Crippen molar-refractivity contribution in [2.75, 3.05) is 11.9 Å². The molecule has 0 aliphatic rings. The van der Waals surface area contributed by atoms with Gasteiger partial charge in [-0.2, -0.15) is 0 Å². The van der Waals surface area contributed by atoms with Crippen LogP contribution in [0.5, 0.6) is 0 Å². The average molecular weight is 293 g/mol. The quantitative estimate of drug-likeness (QED) is 0.821. The maximum absolute atomic E-state index is 8.68. The number of nitrogens with zero attached hydrogens (tertiary/aromatic N) is 2. The van der Waals surface area contributed by atoms with Gasteiger partial charge in [0, 0.05) is 28.6 Å². The van der Waals surface area contributed by atoms with E-state index in [2.05, 4.69) is 37.9 Å². The summed E-state index contributed by atoms with van der Waals surface area (Å²) in [4.78, 5) is 8.18. The monoisotopic (exact) mass is 293 g/mol. The van der Waals surface area contributed by atoms with Gasteiger partial charge in [-0.05, 0) is 35.9 Å². The minimum Gasteiger partial charge on any atom is -0.396 e. The molecule has 1 heterocycles. The third-order valence-electron chi connectivity index (χ3n) is 1.56. The van der Waals surface area contributed by atoms with Crippen molar-refractivity contribution in [3.63, 3.8) is 0 Å². The fourth-order valence-electron chi connectivity index (χ4n) is 0.873. The Labute approximate surface area is 90.9 Å². The fourth-order valence-corrected chi connectivity index (χ4v) is 1.15. The van der Waals surface area contributed by atoms with Gasteiger partial charge in [0.25, 0.3) is 0 Å². The van der Waals surface area contributed by atoms with Gasteiger partial charge in [0.15, 0.2) is 0 Å². The van der Waals surface area contributed by atoms with Crippen molar-refractivity contribution in [1.29, 1.82) is 0 Å². The highest BCUT2D eigenvalue weighted by Crippen LogP contribution is 2.04. The molecular formula is C8H12IN3O. The summed E-state index contributed by atoms with van der Waals surface area (Å²) in [5.74, 6) is 0.612. The molecule has 1 aromatic rings. The van der Waals surface area contributed by atoms with Crippen molar-refractivity contribution in [3.8, 4) is 0 Å². The minimum absolute atomic E-state index is 0.179. The predicted octanol–water partition coefficient (Wildman–Crippen LogP) is 1.26. The van der Waals surface area contributed by atoms with Crippen molar-refractivity contribution in [3.05, 3.63) is 16.0 Å². The Morgan fingerprint density at radius 3 is 2.69 bits per heavy atom. The Kier molecular flexibility index (Phi) is 4.37. The molecule has 0 fully saturated rings. The summed E-state index contributed by atoms with van der Waals surface area (Å²) in [7, 11) is 0. The highest BCUT2D eigenvalue weighted by molar-refractivity contribution is 14.1. The van der Waals surface area contributed by atoms with Gasteiger partial charge in [-0.15, -0.1) is 0 Å². The lowest BCUT2D eigenvalue weighted by Gasteiger charge is -2.11. The number of rotatable bonds is 4. The third-order valence-corrected chi connectivity index (χ3v) is 2.12. The van der Waals surface area contributed by atoms with Crippen LogP contribution >= 0.6 is 22.6 Å². The number of nitrogens with one attached hydrogen (secondary N) is 1. The van der Waals surface area contributed by atoms with Gasteiger partial charge >= 0.3 is 0 Å². The number of aromatic nitrogens is 2. The number of hydrogen-bond donors (Lipinski definition) is 2. The molecule has 1 rings (SSSR count). The Balaban J connectivity index is 2.49. The second-order valence-corrected chi connectivity index (χ2v) is 4.03. The van der Waals surface area contributed by atoms with E-state index in [1.807, 2.05) is 6.92 Å². The predicted molar refractivity (Wildman–Crippen MR) is 59.5 cm³/mol. The first-order chi connectivity index (χ1) is 6.22. The second kappa shape index (κ2) is 5.33. The number of anilines is 1. The molecule has 4 nitrogen and oxygen atoms in total. The van der Waals surface area contributed by atoms with Crippen molar-refractivity contribution in [1.82, 2.24) is 9.97 Å². The minimum atomic E-state index is 0.179. The van der Waals surface area contributed by atoms with E-state index in [1.165, 1.54) is 0 Å². The smallest absolute Gasteiger partial charge is 0.222 e. The first-order valence-corrected chi connectivity index (χ1v) is 5.15. The SMILES string of the molecule is CC(CCO)Nc1ncc(I)cn1. The van der Waals surface area contributed by atoms with Gasteiger partial charge < -0.3 is 10.4 Å². The summed E-state index contributed by atoms with van der Waals surface area (Å²) >= 11 is 2.15. The van der Waals surface area contributed by atoms with Crippen LogP contribution < -0.4 is 5.32 Å². The van der Waals surface area contributed by atoms with Crippen molar-refractivity contribution in [2.45, 2.75) is 19.4 Å². The Morgan fingerprint density at radius 2 is 2.15 bits per heavy atom. The van der Waals surface area contributed by atoms with E-state index < -0.39 is 0 Å². The number of hydrogen-bond acceptors (Lipinski definition) is 4. The third kappa shape index (κ3) is 3.86. The fraction of sp³-hybridized carbons (Fsp3) is 0.500. The van der Waals surface area contributed by atoms with Gasteiger partial charge in [-0.25, -0.2) is 9.97 Å². The lowest BCUT2D eigenvalue weighted by molar-refractivity contribution is 0.282. The van der Waals surface area contributed by atoms with Gasteiger partial charge in [0.2, 0.25) is 5.95 Å². The zero-order valence-corrected chi connectivity index (χ0v) is 9.52. The zero-order chi connectivity index (χ0) is 9.68. The molecule has 0 spiro atoms. The first kappa shape index (κ1) is 10.6. The lowest BCUT2D eigenvalue weighted by atomic mass is 10.2. The van der Waals surface area contributed by atoms with E-state index in [0.717, 1.165) is 3.57 Å². The molecule has 0 aliphatic heterocycles. The van der Waals surface area contributed by atoms with Gasteiger partial charge in [0.1, 0.15) is 0 Å². The van der Waals surface area contributed by atoms with Crippen LogP contribution in [0.15, 0.2) is 12.4 Å². The largest absolute Gasteiger partial charge is 0.396 e. The van der Waals surface area contributed by atoms with Crippen LogP contribution in [-0.2, 0) is 0 Å². The highest BCUT2D eigenvalue weighted by atomic mass is 127. The van der Waals surface area contributed by atoms with Crippen molar-refractivity contribution in [2.24, 2.45) is 0 Å². The molecule has 2 N–H and O–H groups in total. The molecule has 1 aromatic heterocycles. The van der Waals surface area contributed by atoms with E-state index in [-0.39, 0.29) is 12.6 Å². The van der Waals surface area contributed by atoms with E-state index in [9.17, 15) is 0 Å². The number of aliphatic hydroxyl groups is 1. The molecule has 0 aromatic carbocycles. The summed E-state index contributed by atoms with van der Waals surface area (Å²) in [6.07, 6.45) is 4.21. The van der Waals surface area contributed by atoms with Crippen LogP contribution in [0.4, 0.5) is 5.95 Å². The summed E-state index contributed by atoms with van der Waals surface area (Å²) in [5.41, 5.74) is 0. The molecule has 13 heavy (non-hydrogen) atoms. The van der Waals surface area contributed by atoms with Crippen LogP contribution in [0.25, 0.3) is 0 Å². The van der Waals surface area contributed by atoms with Crippen LogP contribution in [0.3, 0.4) is 0 Å². The molecule has 0 saturated carbocycles. The average Bonchev–Trinajstić information content (AvgIpc) is 2.09. The Morgan fingerprint density at radius 1 is 1.54 bits per heavy atom. The molecule has 0 saturated heterocycles. The molecule has 1 atom stereocenters. The second-order valence-electron chi connectivity index (χ2n) is 2.78. The topological polar surface area (TPSA) is 58.0 Å². The van der Waals surface area contributed by atoms with Crippen LogP contribution in [0.2, 0.25) is 0 Å². The summed E-state index contributed by atoms with van der Waals surface area (Å²) in [5, 5.41) is 11.8. The maximum Gasteiger partial charge on any atom is 0.222 e. The molecule has 0 aliphatic carbocycles. The summed E-state index contributed by atoms with van der Waals surface area (Å²) in [6.45, 7) is 2.16. The molecule has 72 valence electrons. The van der Waals surface area contributed by atoms with Crippen molar-refractivity contribution >= 4 is 28.5 Å². The maximum atomic E-state index is 8.68. The molecule has 0 bridgehead atoms. The molecule has 0 amide bonds. The zero-order valence-electron chi connectivity index (χ0n) is 7.37. The summed E-state index contributed by atoms with van der Waals surface area (Å²) in [6, 6.07) is 0.199. The lowest BCUT2D eigenvalue weighted by Crippen LogP contribution is -2.18. The van der Waals surface area contributed by atoms with E-state index in [1.54, 1.807) is 12.4 Å². The van der Waals surface area contributed by atoms with Crippen molar-refractivity contribution < 1.29 is 5.11 Å². The van der Waals surface area contributed by atoms with Crippen LogP contribution in [-0.4, -0.2) is 27.7 Å². The van der Waals surface area contributed by atoms with Gasteiger partial charge in [-0.1, -0.05) is 0 Å². The van der Waals surface area contributed by atoms with Gasteiger partial charge in [0.05, 0.1) is 0 Å². The number of halogens is 1. The first-order valence-electron chi connectivity index (χ1n) is 4.07. The standard InChI is InChI=1S/C8H12IN3O/c1-6(2-3-13)12-8-10-4-7(9)5-11-8/h4-6,13H,2-3H2,1H3,(H,10,11,12). The van der Waals surface area contributed by atoms with E-state index >= 15 is 0 Å². The van der Waals surface area contributed by atoms with E-state index in [0.29, 0.717) is 12.4 Å². The van der Waals surface area contributed by atoms with Crippen LogP contribution in [0, 0.1) is 3.57 Å². The Hall–Kier alpha value is -0.430. The number of aliphatic hydroxyl groups excluding tert-OH is 1. The van der Waals surface area contributed by atoms with Gasteiger partial charge in [-0.3, -0.25) is 0 Å².